The van der Waals surface area contributed by atoms with E-state index < -0.39 is 0 Å². The molecule has 120 valence electrons. The first-order valence-electron chi connectivity index (χ1n) is 8.60. The fraction of sp³-hybridized carbons (Fsp3) is 0.611. The van der Waals surface area contributed by atoms with Gasteiger partial charge in [-0.15, -0.1) is 0 Å². The number of amides is 1. The van der Waals surface area contributed by atoms with Crippen molar-refractivity contribution in [1.82, 2.24) is 10.6 Å². The zero-order valence-electron chi connectivity index (χ0n) is 13.5. The quantitative estimate of drug-likeness (QED) is 0.845. The molecule has 1 aromatic carbocycles. The van der Waals surface area contributed by atoms with Crippen LogP contribution in [0.2, 0.25) is 0 Å². The van der Waals surface area contributed by atoms with Crippen LogP contribution in [0.4, 0.5) is 5.69 Å². The summed E-state index contributed by atoms with van der Waals surface area (Å²) in [6.45, 7) is 4.84. The molecule has 0 bridgehead atoms. The van der Waals surface area contributed by atoms with Crippen molar-refractivity contribution < 1.29 is 4.79 Å². The molecule has 3 rings (SSSR count). The second kappa shape index (κ2) is 7.14. The number of fused-ring (bicyclic) bond motifs is 1. The maximum absolute atomic E-state index is 12.1. The summed E-state index contributed by atoms with van der Waals surface area (Å²) in [6.07, 6.45) is 5.92. The molecule has 1 aliphatic heterocycles. The van der Waals surface area contributed by atoms with Gasteiger partial charge in [0.1, 0.15) is 0 Å². The Morgan fingerprint density at radius 2 is 2.09 bits per heavy atom. The number of carbonyl (C=O) groups is 1. The molecule has 22 heavy (non-hydrogen) atoms. The van der Waals surface area contributed by atoms with Crippen LogP contribution in [0.3, 0.4) is 0 Å². The van der Waals surface area contributed by atoms with Gasteiger partial charge in [-0.2, -0.15) is 0 Å². The van der Waals surface area contributed by atoms with Crippen LogP contribution in [0, 0.1) is 0 Å². The van der Waals surface area contributed by atoms with E-state index in [-0.39, 0.29) is 11.9 Å². The molecule has 4 heteroatoms. The lowest BCUT2D eigenvalue weighted by Crippen LogP contribution is -2.47. The Bertz CT molecular complexity index is 511. The van der Waals surface area contributed by atoms with Crippen molar-refractivity contribution in [1.29, 1.82) is 0 Å². The molecule has 1 fully saturated rings. The monoisotopic (exact) mass is 301 g/mol. The molecule has 1 amide bonds. The third-order valence-electron chi connectivity index (χ3n) is 4.91. The second-order valence-electron chi connectivity index (χ2n) is 6.53. The standard InChI is InChI=1S/C18H27N3O/c1-14(18(22)20-16-7-3-4-8-16)19-11-13-21-12-10-15-6-2-5-9-17(15)21/h2,5-6,9,14,16,19H,3-4,7-8,10-13H2,1H3,(H,20,22)/t14-/m0/s1. The van der Waals surface area contributed by atoms with Crippen molar-refractivity contribution in [2.45, 2.75) is 51.1 Å². The molecular weight excluding hydrogens is 274 g/mol. The van der Waals surface area contributed by atoms with Gasteiger partial charge in [0.15, 0.2) is 0 Å². The SMILES string of the molecule is C[C@H](NCCN1CCc2ccccc21)C(=O)NC1CCCC1. The summed E-state index contributed by atoms with van der Waals surface area (Å²) in [4.78, 5) is 14.5. The molecule has 0 radical (unpaired) electrons. The van der Waals surface area contributed by atoms with E-state index in [0.717, 1.165) is 38.9 Å². The van der Waals surface area contributed by atoms with E-state index in [4.69, 9.17) is 0 Å². The number of hydrogen-bond donors (Lipinski definition) is 2. The van der Waals surface area contributed by atoms with Crippen LogP contribution in [0.1, 0.15) is 38.2 Å². The highest BCUT2D eigenvalue weighted by atomic mass is 16.2. The van der Waals surface area contributed by atoms with Gasteiger partial charge >= 0.3 is 0 Å². The Labute approximate surface area is 133 Å². The van der Waals surface area contributed by atoms with E-state index in [1.807, 2.05) is 6.92 Å². The normalized spacial score (nSPS) is 19.2. The fourth-order valence-corrected chi connectivity index (χ4v) is 3.54. The number of hydrogen-bond acceptors (Lipinski definition) is 3. The first-order chi connectivity index (χ1) is 10.7. The molecular formula is C18H27N3O. The number of rotatable bonds is 6. The lowest BCUT2D eigenvalue weighted by Gasteiger charge is -2.22. The number of anilines is 1. The number of carbonyl (C=O) groups excluding carboxylic acids is 1. The summed E-state index contributed by atoms with van der Waals surface area (Å²) >= 11 is 0. The van der Waals surface area contributed by atoms with Crippen LogP contribution < -0.4 is 15.5 Å². The molecule has 1 aromatic rings. The Balaban J connectivity index is 1.40. The Kier molecular flexibility index (Phi) is 4.98. The molecule has 1 aliphatic carbocycles. The minimum atomic E-state index is -0.113. The average Bonchev–Trinajstić information content (AvgIpc) is 3.17. The maximum Gasteiger partial charge on any atom is 0.237 e. The van der Waals surface area contributed by atoms with Crippen molar-refractivity contribution in [3.63, 3.8) is 0 Å². The van der Waals surface area contributed by atoms with Gasteiger partial charge in [0.05, 0.1) is 6.04 Å². The van der Waals surface area contributed by atoms with Gasteiger partial charge in [-0.1, -0.05) is 31.0 Å². The predicted molar refractivity (Wildman–Crippen MR) is 90.2 cm³/mol. The highest BCUT2D eigenvalue weighted by molar-refractivity contribution is 5.81. The van der Waals surface area contributed by atoms with Crippen LogP contribution in [-0.4, -0.2) is 37.6 Å². The zero-order valence-corrected chi connectivity index (χ0v) is 13.5. The Hall–Kier alpha value is -1.55. The minimum Gasteiger partial charge on any atom is -0.370 e. The molecule has 0 spiro atoms. The highest BCUT2D eigenvalue weighted by Crippen LogP contribution is 2.26. The molecule has 2 N–H and O–H groups in total. The van der Waals surface area contributed by atoms with Gasteiger partial charge in [0, 0.05) is 31.4 Å². The van der Waals surface area contributed by atoms with E-state index >= 15 is 0 Å². The van der Waals surface area contributed by atoms with Gasteiger partial charge < -0.3 is 15.5 Å². The second-order valence-corrected chi connectivity index (χ2v) is 6.53. The first kappa shape index (κ1) is 15.3. The lowest BCUT2D eigenvalue weighted by molar-refractivity contribution is -0.123. The third kappa shape index (κ3) is 3.61. The van der Waals surface area contributed by atoms with Crippen LogP contribution in [-0.2, 0) is 11.2 Å². The Morgan fingerprint density at radius 3 is 2.91 bits per heavy atom. The molecule has 0 aromatic heterocycles. The average molecular weight is 301 g/mol. The predicted octanol–water partition coefficient (Wildman–Crippen LogP) is 2.09. The van der Waals surface area contributed by atoms with Crippen molar-refractivity contribution in [2.24, 2.45) is 0 Å². The highest BCUT2D eigenvalue weighted by Gasteiger charge is 2.21. The fourth-order valence-electron chi connectivity index (χ4n) is 3.54. The summed E-state index contributed by atoms with van der Waals surface area (Å²) in [5.74, 6) is 0.147. The van der Waals surface area contributed by atoms with Crippen molar-refractivity contribution in [3.05, 3.63) is 29.8 Å². The van der Waals surface area contributed by atoms with Crippen LogP contribution in [0.15, 0.2) is 24.3 Å². The van der Waals surface area contributed by atoms with E-state index in [1.165, 1.54) is 24.1 Å². The Morgan fingerprint density at radius 1 is 1.32 bits per heavy atom. The molecule has 1 heterocycles. The molecule has 4 nitrogen and oxygen atoms in total. The van der Waals surface area contributed by atoms with Crippen molar-refractivity contribution in [3.8, 4) is 0 Å². The molecule has 1 saturated carbocycles. The van der Waals surface area contributed by atoms with E-state index in [2.05, 4.69) is 39.8 Å². The molecule has 0 saturated heterocycles. The number of nitrogens with zero attached hydrogens (tertiary/aromatic N) is 1. The van der Waals surface area contributed by atoms with E-state index in [0.29, 0.717) is 6.04 Å². The number of benzene rings is 1. The maximum atomic E-state index is 12.1. The van der Waals surface area contributed by atoms with Crippen molar-refractivity contribution >= 4 is 11.6 Å². The molecule has 2 aliphatic rings. The summed E-state index contributed by atoms with van der Waals surface area (Å²) in [5.41, 5.74) is 2.79. The summed E-state index contributed by atoms with van der Waals surface area (Å²) in [6, 6.07) is 8.90. The third-order valence-corrected chi connectivity index (χ3v) is 4.91. The smallest absolute Gasteiger partial charge is 0.237 e. The summed E-state index contributed by atoms with van der Waals surface area (Å²) in [7, 11) is 0. The summed E-state index contributed by atoms with van der Waals surface area (Å²) < 4.78 is 0. The zero-order chi connectivity index (χ0) is 15.4. The topological polar surface area (TPSA) is 44.4 Å². The van der Waals surface area contributed by atoms with Gasteiger partial charge in [0.2, 0.25) is 5.91 Å². The van der Waals surface area contributed by atoms with E-state index in [1.54, 1.807) is 0 Å². The van der Waals surface area contributed by atoms with Gasteiger partial charge in [-0.3, -0.25) is 4.79 Å². The van der Waals surface area contributed by atoms with Gasteiger partial charge in [-0.25, -0.2) is 0 Å². The minimum absolute atomic E-state index is 0.113. The lowest BCUT2D eigenvalue weighted by atomic mass is 10.2. The number of nitrogens with one attached hydrogen (secondary N) is 2. The van der Waals surface area contributed by atoms with Crippen LogP contribution >= 0.6 is 0 Å². The van der Waals surface area contributed by atoms with Crippen molar-refractivity contribution in [2.75, 3.05) is 24.5 Å². The summed E-state index contributed by atoms with van der Waals surface area (Å²) in [5, 5.41) is 6.52. The van der Waals surface area contributed by atoms with Crippen LogP contribution in [0.25, 0.3) is 0 Å². The van der Waals surface area contributed by atoms with Crippen LogP contribution in [0.5, 0.6) is 0 Å². The molecule has 1 atom stereocenters. The van der Waals surface area contributed by atoms with Gasteiger partial charge in [-0.05, 0) is 37.8 Å². The van der Waals surface area contributed by atoms with E-state index in [9.17, 15) is 4.79 Å². The first-order valence-corrected chi connectivity index (χ1v) is 8.60. The number of para-hydroxylation sites is 1. The largest absolute Gasteiger partial charge is 0.370 e. The van der Waals surface area contributed by atoms with Gasteiger partial charge in [0.25, 0.3) is 0 Å². The molecule has 0 unspecified atom stereocenters.